The molecule has 1 aromatic heterocycles. The van der Waals surface area contributed by atoms with E-state index in [0.717, 1.165) is 30.8 Å². The summed E-state index contributed by atoms with van der Waals surface area (Å²) in [6.07, 6.45) is 3.72. The van der Waals surface area contributed by atoms with E-state index in [-0.39, 0.29) is 18.5 Å². The third kappa shape index (κ3) is 6.91. The van der Waals surface area contributed by atoms with E-state index in [2.05, 4.69) is 9.88 Å². The van der Waals surface area contributed by atoms with E-state index < -0.39 is 35.4 Å². The lowest BCUT2D eigenvalue weighted by atomic mass is 9.94. The van der Waals surface area contributed by atoms with Crippen LogP contribution in [0.3, 0.4) is 0 Å². The smallest absolute Gasteiger partial charge is 0.257 e. The predicted octanol–water partition coefficient (Wildman–Crippen LogP) is 3.57. The van der Waals surface area contributed by atoms with Gasteiger partial charge in [0, 0.05) is 25.1 Å². The Morgan fingerprint density at radius 1 is 1.18 bits per heavy atom. The zero-order valence-corrected chi connectivity index (χ0v) is 22.6. The fourth-order valence-corrected chi connectivity index (χ4v) is 5.35. The Labute approximate surface area is 228 Å². The first-order valence-electron chi connectivity index (χ1n) is 13.7. The molecule has 10 heteroatoms. The molecule has 1 aromatic carbocycles. The number of alkyl halides is 1. The molecule has 3 N–H and O–H groups in total. The van der Waals surface area contributed by atoms with Gasteiger partial charge in [0.15, 0.2) is 0 Å². The second kappa shape index (κ2) is 12.4. The molecule has 212 valence electrons. The number of halogens is 2. The molecule has 3 heterocycles. The van der Waals surface area contributed by atoms with Crippen molar-refractivity contribution >= 4 is 11.8 Å². The SMILES string of the molecule is CCC(F)(CC)CN1CCC(COc2ccc(-c3ccc(C(=O)N4CC(O)C[C@H]4C(N)=O)c(F)c3)nc2)CC1. The van der Waals surface area contributed by atoms with Crippen molar-refractivity contribution < 1.29 is 28.2 Å². The Bertz CT molecular complexity index is 1150. The van der Waals surface area contributed by atoms with E-state index in [1.807, 2.05) is 13.8 Å². The second-order valence-corrected chi connectivity index (χ2v) is 10.7. The van der Waals surface area contributed by atoms with Crippen LogP contribution in [0.4, 0.5) is 8.78 Å². The summed E-state index contributed by atoms with van der Waals surface area (Å²) in [6, 6.07) is 6.69. The largest absolute Gasteiger partial charge is 0.492 e. The molecule has 2 atom stereocenters. The van der Waals surface area contributed by atoms with E-state index in [0.29, 0.717) is 48.9 Å². The number of pyridine rings is 1. The van der Waals surface area contributed by atoms with Gasteiger partial charge in [-0.25, -0.2) is 8.78 Å². The van der Waals surface area contributed by atoms with Crippen LogP contribution < -0.4 is 10.5 Å². The van der Waals surface area contributed by atoms with E-state index in [4.69, 9.17) is 10.5 Å². The molecule has 2 aliphatic rings. The number of carbonyl (C=O) groups is 2. The number of nitrogens with two attached hydrogens (primary N) is 1. The van der Waals surface area contributed by atoms with Crippen molar-refractivity contribution in [1.29, 1.82) is 0 Å². The highest BCUT2D eigenvalue weighted by atomic mass is 19.1. The lowest BCUT2D eigenvalue weighted by molar-refractivity contribution is -0.121. The average molecular weight is 545 g/mol. The molecule has 0 radical (unpaired) electrons. The first-order chi connectivity index (χ1) is 18.6. The summed E-state index contributed by atoms with van der Waals surface area (Å²) in [5.74, 6) is -1.18. The number of aliphatic hydroxyl groups excluding tert-OH is 1. The molecular weight excluding hydrogens is 506 g/mol. The van der Waals surface area contributed by atoms with Crippen molar-refractivity contribution in [2.45, 2.75) is 63.8 Å². The number of primary amides is 1. The topological polar surface area (TPSA) is 109 Å². The number of aromatic nitrogens is 1. The van der Waals surface area contributed by atoms with Crippen LogP contribution in [-0.4, -0.2) is 82.3 Å². The number of carbonyl (C=O) groups excluding carboxylic acids is 2. The van der Waals surface area contributed by atoms with E-state index >= 15 is 0 Å². The van der Waals surface area contributed by atoms with Crippen molar-refractivity contribution in [3.8, 4) is 17.0 Å². The Kier molecular flexibility index (Phi) is 9.17. The molecule has 2 aromatic rings. The number of β-amino-alcohol motifs (C(OH)–C–C–N with tert-alkyl or cyclic N) is 1. The van der Waals surface area contributed by atoms with Crippen molar-refractivity contribution in [3.63, 3.8) is 0 Å². The highest BCUT2D eigenvalue weighted by molar-refractivity contribution is 5.98. The number of rotatable bonds is 10. The quantitative estimate of drug-likeness (QED) is 0.474. The Morgan fingerprint density at radius 2 is 1.90 bits per heavy atom. The maximum absolute atomic E-state index is 14.9. The molecule has 4 rings (SSSR count). The van der Waals surface area contributed by atoms with Gasteiger partial charge in [0.2, 0.25) is 5.91 Å². The Hall–Kier alpha value is -3.11. The monoisotopic (exact) mass is 544 g/mol. The first kappa shape index (κ1) is 28.9. The number of aliphatic hydroxyl groups is 1. The highest BCUT2D eigenvalue weighted by Gasteiger charge is 2.39. The number of piperidine rings is 1. The van der Waals surface area contributed by atoms with Crippen LogP contribution in [0.25, 0.3) is 11.3 Å². The summed E-state index contributed by atoms with van der Waals surface area (Å²) >= 11 is 0. The molecule has 2 fully saturated rings. The first-order valence-corrected chi connectivity index (χ1v) is 13.7. The van der Waals surface area contributed by atoms with Gasteiger partial charge in [-0.05, 0) is 69.0 Å². The number of likely N-dealkylation sites (tertiary alicyclic amines) is 2. The summed E-state index contributed by atoms with van der Waals surface area (Å²) in [5.41, 5.74) is 5.03. The zero-order valence-electron chi connectivity index (χ0n) is 22.6. The predicted molar refractivity (Wildman–Crippen MR) is 143 cm³/mol. The van der Waals surface area contributed by atoms with Crippen LogP contribution in [0, 0.1) is 11.7 Å². The Balaban J connectivity index is 1.31. The number of nitrogens with zero attached hydrogens (tertiary/aromatic N) is 3. The molecule has 0 aliphatic carbocycles. The van der Waals surface area contributed by atoms with E-state index in [1.165, 1.54) is 12.1 Å². The lowest BCUT2D eigenvalue weighted by Gasteiger charge is -2.36. The standard InChI is InChI=1S/C29H38F2N4O4/c1-3-29(31,4-2)18-34-11-9-19(10-12-34)17-39-22-6-8-25(33-15-22)20-5-7-23(24(30)13-20)28(38)35-16-21(36)14-26(35)27(32)37/h5-8,13,15,19,21,26,36H,3-4,9-12,14,16-18H2,1-2H3,(H2,32,37)/t21?,26-/m0/s1. The summed E-state index contributed by atoms with van der Waals surface area (Å²) in [6.45, 7) is 6.50. The van der Waals surface area contributed by atoms with Gasteiger partial charge >= 0.3 is 0 Å². The van der Waals surface area contributed by atoms with Gasteiger partial charge in [-0.15, -0.1) is 0 Å². The van der Waals surface area contributed by atoms with Crippen molar-refractivity contribution in [3.05, 3.63) is 47.9 Å². The van der Waals surface area contributed by atoms with Crippen LogP contribution in [0.15, 0.2) is 36.5 Å². The minimum absolute atomic E-state index is 0.0377. The summed E-state index contributed by atoms with van der Waals surface area (Å²) in [5, 5.41) is 9.85. The summed E-state index contributed by atoms with van der Waals surface area (Å²) in [7, 11) is 0. The van der Waals surface area contributed by atoms with Gasteiger partial charge in [-0.1, -0.05) is 19.9 Å². The molecule has 2 amide bonds. The van der Waals surface area contributed by atoms with Gasteiger partial charge in [0.1, 0.15) is 23.3 Å². The fourth-order valence-electron chi connectivity index (χ4n) is 5.35. The fraction of sp³-hybridized carbons (Fsp3) is 0.552. The molecule has 39 heavy (non-hydrogen) atoms. The van der Waals surface area contributed by atoms with Gasteiger partial charge in [0.05, 0.1) is 30.2 Å². The number of benzene rings is 1. The average Bonchev–Trinajstić information content (AvgIpc) is 3.34. The molecule has 0 saturated carbocycles. The van der Waals surface area contributed by atoms with Crippen LogP contribution in [0.2, 0.25) is 0 Å². The van der Waals surface area contributed by atoms with Gasteiger partial charge in [0.25, 0.3) is 5.91 Å². The zero-order chi connectivity index (χ0) is 28.2. The molecule has 0 spiro atoms. The Morgan fingerprint density at radius 3 is 2.49 bits per heavy atom. The van der Waals surface area contributed by atoms with Gasteiger partial charge < -0.3 is 25.4 Å². The number of hydrogen-bond donors (Lipinski definition) is 2. The third-order valence-corrected chi connectivity index (χ3v) is 8.07. The van der Waals surface area contributed by atoms with Crippen molar-refractivity contribution in [2.75, 3.05) is 32.8 Å². The van der Waals surface area contributed by atoms with Crippen molar-refractivity contribution in [2.24, 2.45) is 11.7 Å². The van der Waals surface area contributed by atoms with Crippen LogP contribution in [-0.2, 0) is 4.79 Å². The maximum atomic E-state index is 14.9. The maximum Gasteiger partial charge on any atom is 0.257 e. The normalized spacial score (nSPS) is 20.8. The third-order valence-electron chi connectivity index (χ3n) is 8.07. The summed E-state index contributed by atoms with van der Waals surface area (Å²) in [4.78, 5) is 32.2. The second-order valence-electron chi connectivity index (χ2n) is 10.7. The molecular formula is C29H38F2N4O4. The summed E-state index contributed by atoms with van der Waals surface area (Å²) < 4.78 is 35.6. The van der Waals surface area contributed by atoms with Crippen LogP contribution >= 0.6 is 0 Å². The molecule has 1 unspecified atom stereocenters. The van der Waals surface area contributed by atoms with Gasteiger partial charge in [-0.2, -0.15) is 0 Å². The molecule has 0 bridgehead atoms. The number of ether oxygens (including phenoxy) is 1. The van der Waals surface area contributed by atoms with E-state index in [9.17, 15) is 23.5 Å². The highest BCUT2D eigenvalue weighted by Crippen LogP contribution is 2.28. The minimum atomic E-state index is -1.11. The van der Waals surface area contributed by atoms with Crippen LogP contribution in [0.1, 0.15) is 56.3 Å². The molecule has 8 nitrogen and oxygen atoms in total. The van der Waals surface area contributed by atoms with Crippen LogP contribution in [0.5, 0.6) is 5.75 Å². The van der Waals surface area contributed by atoms with E-state index in [1.54, 1.807) is 24.4 Å². The van der Waals surface area contributed by atoms with Crippen molar-refractivity contribution in [1.82, 2.24) is 14.8 Å². The molecule has 2 saturated heterocycles. The minimum Gasteiger partial charge on any atom is -0.492 e. The molecule has 2 aliphatic heterocycles. The number of amides is 2. The lowest BCUT2D eigenvalue weighted by Crippen LogP contribution is -2.44. The number of hydrogen-bond acceptors (Lipinski definition) is 6. The van der Waals surface area contributed by atoms with Gasteiger partial charge in [-0.3, -0.25) is 14.6 Å².